The highest BCUT2D eigenvalue weighted by atomic mass is 35.5. The number of aromatic nitrogens is 1. The van der Waals surface area contributed by atoms with Gasteiger partial charge in [0.15, 0.2) is 0 Å². The molecule has 2 aromatic rings. The van der Waals surface area contributed by atoms with Crippen LogP contribution in [-0.2, 0) is 6.42 Å². The van der Waals surface area contributed by atoms with Crippen molar-refractivity contribution < 1.29 is 0 Å². The molecule has 0 fully saturated rings. The van der Waals surface area contributed by atoms with E-state index in [9.17, 15) is 0 Å². The van der Waals surface area contributed by atoms with E-state index in [0.717, 1.165) is 27.7 Å². The Bertz CT molecular complexity index is 481. The fourth-order valence-corrected chi connectivity index (χ4v) is 2.41. The average molecular weight is 253 g/mol. The summed E-state index contributed by atoms with van der Waals surface area (Å²) in [6.07, 6.45) is 0.755. The highest BCUT2D eigenvalue weighted by Gasteiger charge is 2.09. The first-order valence-corrected chi connectivity index (χ1v) is 6.33. The van der Waals surface area contributed by atoms with Crippen LogP contribution in [0.25, 0.3) is 0 Å². The van der Waals surface area contributed by atoms with Crippen molar-refractivity contribution >= 4 is 22.9 Å². The third kappa shape index (κ3) is 2.82. The summed E-state index contributed by atoms with van der Waals surface area (Å²) in [6.45, 7) is 2.00. The van der Waals surface area contributed by atoms with Crippen molar-refractivity contribution in [2.45, 2.75) is 19.4 Å². The summed E-state index contributed by atoms with van der Waals surface area (Å²) in [5.74, 6) is 0. The van der Waals surface area contributed by atoms with Crippen LogP contribution in [0.2, 0.25) is 5.02 Å². The van der Waals surface area contributed by atoms with Crippen LogP contribution in [0.5, 0.6) is 0 Å². The maximum Gasteiger partial charge on any atom is 0.0897 e. The molecule has 1 unspecified atom stereocenters. The van der Waals surface area contributed by atoms with Gasteiger partial charge in [0.1, 0.15) is 0 Å². The van der Waals surface area contributed by atoms with Crippen molar-refractivity contribution in [3.05, 3.63) is 50.9 Å². The van der Waals surface area contributed by atoms with Gasteiger partial charge in [-0.05, 0) is 24.6 Å². The first-order valence-electron chi connectivity index (χ1n) is 5.07. The fraction of sp³-hybridized carbons (Fsp3) is 0.250. The van der Waals surface area contributed by atoms with E-state index in [2.05, 4.69) is 10.4 Å². The third-order valence-electron chi connectivity index (χ3n) is 2.37. The van der Waals surface area contributed by atoms with E-state index in [1.165, 1.54) is 0 Å². The van der Waals surface area contributed by atoms with Crippen LogP contribution < -0.4 is 5.73 Å². The Hall–Kier alpha value is -0.900. The van der Waals surface area contributed by atoms with E-state index in [-0.39, 0.29) is 6.04 Å². The smallest absolute Gasteiger partial charge is 0.0897 e. The van der Waals surface area contributed by atoms with E-state index < -0.39 is 0 Å². The molecule has 1 heterocycles. The standard InChI is InChI=1S/C12H13ClN2S/c1-8-15-11(7-16-8)6-12(14)9-3-2-4-10(13)5-9/h2-5,7,12H,6,14H2,1H3. The molecule has 0 bridgehead atoms. The van der Waals surface area contributed by atoms with Crippen LogP contribution in [0.15, 0.2) is 29.6 Å². The van der Waals surface area contributed by atoms with Crippen molar-refractivity contribution in [2.24, 2.45) is 5.73 Å². The van der Waals surface area contributed by atoms with Crippen LogP contribution >= 0.6 is 22.9 Å². The zero-order valence-corrected chi connectivity index (χ0v) is 10.6. The van der Waals surface area contributed by atoms with Gasteiger partial charge in [0.05, 0.1) is 10.7 Å². The molecular weight excluding hydrogens is 240 g/mol. The molecule has 1 aromatic carbocycles. The molecule has 0 radical (unpaired) electrons. The largest absolute Gasteiger partial charge is 0.324 e. The van der Waals surface area contributed by atoms with E-state index >= 15 is 0 Å². The Morgan fingerprint density at radius 2 is 2.31 bits per heavy atom. The van der Waals surface area contributed by atoms with Gasteiger partial charge in [-0.1, -0.05) is 23.7 Å². The number of benzene rings is 1. The molecule has 0 saturated carbocycles. The molecule has 2 nitrogen and oxygen atoms in total. The Balaban J connectivity index is 2.11. The zero-order chi connectivity index (χ0) is 11.5. The van der Waals surface area contributed by atoms with Crippen LogP contribution in [0, 0.1) is 6.92 Å². The van der Waals surface area contributed by atoms with Crippen LogP contribution in [0.4, 0.5) is 0 Å². The normalized spacial score (nSPS) is 12.7. The molecule has 0 spiro atoms. The number of hydrogen-bond donors (Lipinski definition) is 1. The Morgan fingerprint density at radius 3 is 2.94 bits per heavy atom. The molecule has 16 heavy (non-hydrogen) atoms. The highest BCUT2D eigenvalue weighted by molar-refractivity contribution is 7.09. The lowest BCUT2D eigenvalue weighted by atomic mass is 10.0. The second-order valence-corrected chi connectivity index (χ2v) is 5.22. The maximum atomic E-state index is 6.11. The molecular formula is C12H13ClN2S. The predicted octanol–water partition coefficient (Wildman–Crippen LogP) is 3.35. The minimum Gasteiger partial charge on any atom is -0.324 e. The fourth-order valence-electron chi connectivity index (χ4n) is 1.58. The molecule has 4 heteroatoms. The lowest BCUT2D eigenvalue weighted by Gasteiger charge is -2.10. The van der Waals surface area contributed by atoms with Gasteiger partial charge in [0.25, 0.3) is 0 Å². The molecule has 1 atom stereocenters. The molecule has 0 aliphatic rings. The van der Waals surface area contributed by atoms with Crippen LogP contribution in [0.3, 0.4) is 0 Å². The van der Waals surface area contributed by atoms with E-state index in [1.807, 2.05) is 31.2 Å². The molecule has 0 aliphatic carbocycles. The summed E-state index contributed by atoms with van der Waals surface area (Å²) in [5.41, 5.74) is 8.22. The zero-order valence-electron chi connectivity index (χ0n) is 8.98. The number of halogens is 1. The summed E-state index contributed by atoms with van der Waals surface area (Å²) in [5, 5.41) is 3.86. The molecule has 0 aliphatic heterocycles. The summed E-state index contributed by atoms with van der Waals surface area (Å²) >= 11 is 7.58. The Kier molecular flexibility index (Phi) is 3.59. The molecule has 2 rings (SSSR count). The van der Waals surface area contributed by atoms with Gasteiger partial charge in [0, 0.05) is 22.9 Å². The Labute approximate surface area is 104 Å². The Morgan fingerprint density at radius 1 is 1.50 bits per heavy atom. The van der Waals surface area contributed by atoms with Crippen molar-refractivity contribution in [3.63, 3.8) is 0 Å². The molecule has 0 amide bonds. The topological polar surface area (TPSA) is 38.9 Å². The lowest BCUT2D eigenvalue weighted by Crippen LogP contribution is -2.13. The lowest BCUT2D eigenvalue weighted by molar-refractivity contribution is 0.709. The predicted molar refractivity (Wildman–Crippen MR) is 68.9 cm³/mol. The molecule has 84 valence electrons. The van der Waals surface area contributed by atoms with Crippen molar-refractivity contribution in [1.29, 1.82) is 0 Å². The van der Waals surface area contributed by atoms with E-state index in [0.29, 0.717) is 0 Å². The SMILES string of the molecule is Cc1nc(CC(N)c2cccc(Cl)c2)cs1. The number of rotatable bonds is 3. The van der Waals surface area contributed by atoms with Gasteiger partial charge in [0.2, 0.25) is 0 Å². The van der Waals surface area contributed by atoms with Gasteiger partial charge in [-0.3, -0.25) is 0 Å². The summed E-state index contributed by atoms with van der Waals surface area (Å²) in [7, 11) is 0. The summed E-state index contributed by atoms with van der Waals surface area (Å²) in [4.78, 5) is 4.40. The maximum absolute atomic E-state index is 6.11. The van der Waals surface area contributed by atoms with Gasteiger partial charge >= 0.3 is 0 Å². The third-order valence-corrected chi connectivity index (χ3v) is 3.43. The second kappa shape index (κ2) is 4.95. The first-order chi connectivity index (χ1) is 7.65. The second-order valence-electron chi connectivity index (χ2n) is 3.72. The van der Waals surface area contributed by atoms with Gasteiger partial charge in [-0.25, -0.2) is 4.98 Å². The summed E-state index contributed by atoms with van der Waals surface area (Å²) < 4.78 is 0. The number of thiazole rings is 1. The average Bonchev–Trinajstić information content (AvgIpc) is 2.64. The monoisotopic (exact) mass is 252 g/mol. The van der Waals surface area contributed by atoms with Crippen molar-refractivity contribution in [1.82, 2.24) is 4.98 Å². The van der Waals surface area contributed by atoms with Gasteiger partial charge in [-0.2, -0.15) is 0 Å². The number of aryl methyl sites for hydroxylation is 1. The van der Waals surface area contributed by atoms with Crippen molar-refractivity contribution in [2.75, 3.05) is 0 Å². The van der Waals surface area contributed by atoms with Crippen molar-refractivity contribution in [3.8, 4) is 0 Å². The molecule has 0 saturated heterocycles. The molecule has 2 N–H and O–H groups in total. The number of nitrogens with zero attached hydrogens (tertiary/aromatic N) is 1. The van der Waals surface area contributed by atoms with Gasteiger partial charge in [-0.15, -0.1) is 11.3 Å². The highest BCUT2D eigenvalue weighted by Crippen LogP contribution is 2.20. The van der Waals surface area contributed by atoms with Crippen LogP contribution in [0.1, 0.15) is 22.3 Å². The number of hydrogen-bond acceptors (Lipinski definition) is 3. The first kappa shape index (κ1) is 11.6. The molecule has 1 aromatic heterocycles. The van der Waals surface area contributed by atoms with E-state index in [4.69, 9.17) is 17.3 Å². The van der Waals surface area contributed by atoms with E-state index in [1.54, 1.807) is 11.3 Å². The van der Waals surface area contributed by atoms with Crippen LogP contribution in [-0.4, -0.2) is 4.98 Å². The minimum absolute atomic E-state index is 0.0415. The summed E-state index contributed by atoms with van der Waals surface area (Å²) in [6, 6.07) is 7.63. The van der Waals surface area contributed by atoms with Gasteiger partial charge < -0.3 is 5.73 Å². The number of nitrogens with two attached hydrogens (primary N) is 1. The quantitative estimate of drug-likeness (QED) is 0.910. The minimum atomic E-state index is -0.0415.